The molecule has 0 radical (unpaired) electrons. The maximum Gasteiger partial charge on any atom is 0.251 e. The third-order valence-electron chi connectivity index (χ3n) is 3.33. The molecule has 6 nitrogen and oxygen atoms in total. The maximum atomic E-state index is 13.1. The number of pyridine rings is 1. The van der Waals surface area contributed by atoms with Crippen LogP contribution in [0.4, 0.5) is 4.39 Å². The molecular weight excluding hydrogens is 301 g/mol. The minimum Gasteiger partial charge on any atom is -0.355 e. The van der Waals surface area contributed by atoms with Gasteiger partial charge in [-0.2, -0.15) is 0 Å². The van der Waals surface area contributed by atoms with Crippen LogP contribution in [0, 0.1) is 5.82 Å². The van der Waals surface area contributed by atoms with E-state index in [0.717, 1.165) is 0 Å². The molecule has 0 spiro atoms. The van der Waals surface area contributed by atoms with E-state index in [4.69, 9.17) is 0 Å². The number of aromatic nitrogens is 1. The minimum absolute atomic E-state index is 0.154. The van der Waals surface area contributed by atoms with E-state index in [1.54, 1.807) is 12.1 Å². The molecule has 0 atom stereocenters. The third-order valence-corrected chi connectivity index (χ3v) is 3.33. The Morgan fingerprint density at radius 3 is 2.65 bits per heavy atom. The fourth-order valence-electron chi connectivity index (χ4n) is 2.18. The van der Waals surface area contributed by atoms with Crippen LogP contribution in [0.3, 0.4) is 0 Å². The Bertz CT molecular complexity index is 786. The standard InChI is InChI=1S/C16H18FN3O3/c1-10(21)18-6-7-19-15(22)5-3-12-8-11-2-4-13(17)9-14(11)20-16(12)23/h2,4,8-9H,3,5-7H2,1H3,(H,18,21)(H,19,22)(H,20,23). The number of rotatable bonds is 6. The van der Waals surface area contributed by atoms with Crippen LogP contribution in [0.2, 0.25) is 0 Å². The number of halogens is 1. The number of nitrogens with one attached hydrogen (secondary N) is 3. The molecule has 0 unspecified atom stereocenters. The molecular formula is C16H18FN3O3. The molecule has 0 saturated heterocycles. The summed E-state index contributed by atoms with van der Waals surface area (Å²) in [5, 5.41) is 5.94. The zero-order chi connectivity index (χ0) is 16.8. The van der Waals surface area contributed by atoms with Gasteiger partial charge in [0.25, 0.3) is 5.56 Å². The number of amides is 2. The van der Waals surface area contributed by atoms with Gasteiger partial charge in [0, 0.05) is 32.0 Å². The van der Waals surface area contributed by atoms with Crippen molar-refractivity contribution in [2.75, 3.05) is 13.1 Å². The highest BCUT2D eigenvalue weighted by atomic mass is 19.1. The van der Waals surface area contributed by atoms with Gasteiger partial charge in [-0.05, 0) is 36.1 Å². The fourth-order valence-corrected chi connectivity index (χ4v) is 2.18. The number of hydrogen-bond donors (Lipinski definition) is 3. The van der Waals surface area contributed by atoms with Crippen LogP contribution in [0.15, 0.2) is 29.1 Å². The lowest BCUT2D eigenvalue weighted by Gasteiger charge is -2.06. The lowest BCUT2D eigenvalue weighted by molar-refractivity contribution is -0.122. The highest BCUT2D eigenvalue weighted by Gasteiger charge is 2.07. The summed E-state index contributed by atoms with van der Waals surface area (Å²) in [6.45, 7) is 2.11. The molecule has 23 heavy (non-hydrogen) atoms. The van der Waals surface area contributed by atoms with Crippen molar-refractivity contribution in [3.05, 3.63) is 46.0 Å². The van der Waals surface area contributed by atoms with Gasteiger partial charge in [-0.25, -0.2) is 4.39 Å². The number of hydrogen-bond acceptors (Lipinski definition) is 3. The summed E-state index contributed by atoms with van der Waals surface area (Å²) in [7, 11) is 0. The highest BCUT2D eigenvalue weighted by Crippen LogP contribution is 2.13. The number of carbonyl (C=O) groups is 2. The summed E-state index contributed by atoms with van der Waals surface area (Å²) < 4.78 is 13.1. The number of aryl methyl sites for hydroxylation is 1. The zero-order valence-corrected chi connectivity index (χ0v) is 12.7. The molecule has 2 rings (SSSR count). The second-order valence-electron chi connectivity index (χ2n) is 5.19. The predicted octanol–water partition coefficient (Wildman–Crippen LogP) is 0.852. The summed E-state index contributed by atoms with van der Waals surface area (Å²) in [5.74, 6) is -0.771. The molecule has 3 N–H and O–H groups in total. The van der Waals surface area contributed by atoms with Crippen LogP contribution in [0.5, 0.6) is 0 Å². The van der Waals surface area contributed by atoms with Crippen molar-refractivity contribution in [2.24, 2.45) is 0 Å². The average molecular weight is 319 g/mol. The van der Waals surface area contributed by atoms with Gasteiger partial charge in [-0.15, -0.1) is 0 Å². The SMILES string of the molecule is CC(=O)NCCNC(=O)CCc1cc2ccc(F)cc2[nH]c1=O. The summed E-state index contributed by atoms with van der Waals surface area (Å²) in [6, 6.07) is 5.82. The molecule has 7 heteroatoms. The van der Waals surface area contributed by atoms with E-state index in [1.807, 2.05) is 0 Å². The van der Waals surface area contributed by atoms with Crippen molar-refractivity contribution in [1.29, 1.82) is 0 Å². The van der Waals surface area contributed by atoms with Gasteiger partial charge >= 0.3 is 0 Å². The molecule has 0 fully saturated rings. The quantitative estimate of drug-likeness (QED) is 0.690. The Morgan fingerprint density at radius 1 is 1.17 bits per heavy atom. The van der Waals surface area contributed by atoms with Crippen molar-refractivity contribution in [1.82, 2.24) is 15.6 Å². The van der Waals surface area contributed by atoms with Gasteiger partial charge in [0.2, 0.25) is 11.8 Å². The smallest absolute Gasteiger partial charge is 0.251 e. The largest absolute Gasteiger partial charge is 0.355 e. The molecule has 0 aliphatic heterocycles. The summed E-state index contributed by atoms with van der Waals surface area (Å²) in [6.07, 6.45) is 0.449. The van der Waals surface area contributed by atoms with Crippen molar-refractivity contribution in [3.63, 3.8) is 0 Å². The van der Waals surface area contributed by atoms with Crippen molar-refractivity contribution in [2.45, 2.75) is 19.8 Å². The number of H-pyrrole nitrogens is 1. The van der Waals surface area contributed by atoms with Gasteiger partial charge in [0.15, 0.2) is 0 Å². The number of carbonyl (C=O) groups excluding carboxylic acids is 2. The van der Waals surface area contributed by atoms with Crippen LogP contribution < -0.4 is 16.2 Å². The second-order valence-corrected chi connectivity index (χ2v) is 5.19. The van der Waals surface area contributed by atoms with Gasteiger partial charge in [-0.3, -0.25) is 14.4 Å². The molecule has 2 amide bonds. The third kappa shape index (κ3) is 4.91. The molecule has 1 heterocycles. The van der Waals surface area contributed by atoms with E-state index in [-0.39, 0.29) is 30.2 Å². The van der Waals surface area contributed by atoms with Crippen LogP contribution in [0.1, 0.15) is 18.9 Å². The summed E-state index contributed by atoms with van der Waals surface area (Å²) in [4.78, 5) is 36.9. The Hall–Kier alpha value is -2.70. The number of benzene rings is 1. The first-order valence-electron chi connectivity index (χ1n) is 7.28. The molecule has 2 aromatic rings. The van der Waals surface area contributed by atoms with Crippen LogP contribution in [-0.2, 0) is 16.0 Å². The number of aromatic amines is 1. The van der Waals surface area contributed by atoms with Gasteiger partial charge in [0.1, 0.15) is 5.82 Å². The lowest BCUT2D eigenvalue weighted by atomic mass is 10.1. The van der Waals surface area contributed by atoms with E-state index in [0.29, 0.717) is 29.6 Å². The summed E-state index contributed by atoms with van der Waals surface area (Å²) in [5.41, 5.74) is 0.578. The van der Waals surface area contributed by atoms with E-state index < -0.39 is 5.82 Å². The maximum absolute atomic E-state index is 13.1. The monoisotopic (exact) mass is 319 g/mol. The van der Waals surface area contributed by atoms with Crippen molar-refractivity contribution in [3.8, 4) is 0 Å². The fraction of sp³-hybridized carbons (Fsp3) is 0.312. The normalized spacial score (nSPS) is 10.5. The first-order chi connectivity index (χ1) is 11.0. The van der Waals surface area contributed by atoms with Crippen LogP contribution >= 0.6 is 0 Å². The molecule has 0 bridgehead atoms. The Labute approximate surface area is 132 Å². The van der Waals surface area contributed by atoms with Crippen molar-refractivity contribution >= 4 is 22.7 Å². The van der Waals surface area contributed by atoms with E-state index in [9.17, 15) is 18.8 Å². The first-order valence-corrected chi connectivity index (χ1v) is 7.28. The van der Waals surface area contributed by atoms with Gasteiger partial charge in [0.05, 0.1) is 5.52 Å². The number of fused-ring (bicyclic) bond motifs is 1. The zero-order valence-electron chi connectivity index (χ0n) is 12.7. The lowest BCUT2D eigenvalue weighted by Crippen LogP contribution is -2.33. The van der Waals surface area contributed by atoms with E-state index in [2.05, 4.69) is 15.6 Å². The Morgan fingerprint density at radius 2 is 1.91 bits per heavy atom. The molecule has 0 aliphatic carbocycles. The molecule has 0 saturated carbocycles. The van der Waals surface area contributed by atoms with E-state index >= 15 is 0 Å². The minimum atomic E-state index is -0.417. The topological polar surface area (TPSA) is 91.1 Å². The second kappa shape index (κ2) is 7.53. The van der Waals surface area contributed by atoms with Crippen LogP contribution in [-0.4, -0.2) is 29.9 Å². The van der Waals surface area contributed by atoms with Gasteiger partial charge < -0.3 is 15.6 Å². The van der Waals surface area contributed by atoms with Crippen molar-refractivity contribution < 1.29 is 14.0 Å². The average Bonchev–Trinajstić information content (AvgIpc) is 2.49. The summed E-state index contributed by atoms with van der Waals surface area (Å²) >= 11 is 0. The Balaban J connectivity index is 1.92. The van der Waals surface area contributed by atoms with E-state index in [1.165, 1.54) is 19.1 Å². The van der Waals surface area contributed by atoms with Crippen LogP contribution in [0.25, 0.3) is 10.9 Å². The highest BCUT2D eigenvalue weighted by molar-refractivity contribution is 5.79. The van der Waals surface area contributed by atoms with Gasteiger partial charge in [-0.1, -0.05) is 0 Å². The molecule has 1 aromatic heterocycles. The Kier molecular flexibility index (Phi) is 5.46. The molecule has 0 aliphatic rings. The molecule has 1 aromatic carbocycles. The predicted molar refractivity (Wildman–Crippen MR) is 84.5 cm³/mol. The molecule has 122 valence electrons. The first kappa shape index (κ1) is 16.7.